The molecule has 1 aromatic heterocycles. The van der Waals surface area contributed by atoms with Gasteiger partial charge in [-0.15, -0.1) is 0 Å². The Hall–Kier alpha value is -1.77. The van der Waals surface area contributed by atoms with E-state index in [4.69, 9.17) is 9.15 Å². The van der Waals surface area contributed by atoms with Crippen molar-refractivity contribution in [1.82, 2.24) is 0 Å². The Morgan fingerprint density at radius 1 is 1.05 bits per heavy atom. The van der Waals surface area contributed by atoms with E-state index >= 15 is 0 Å². The van der Waals surface area contributed by atoms with Crippen LogP contribution >= 0.6 is 0 Å². The van der Waals surface area contributed by atoms with Crippen LogP contribution in [0.25, 0.3) is 11.0 Å². The molecule has 0 bridgehead atoms. The number of hydrogen-bond acceptors (Lipinski definition) is 3. The molecule has 0 fully saturated rings. The topological polar surface area (TPSA) is 39.4 Å². The number of rotatable bonds is 8. The number of fused-ring (bicyclic) bond motifs is 1. The van der Waals surface area contributed by atoms with Crippen LogP contribution < -0.4 is 10.4 Å². The minimum atomic E-state index is -0.360. The smallest absolute Gasteiger partial charge is 0.339 e. The van der Waals surface area contributed by atoms with E-state index in [0.717, 1.165) is 11.8 Å². The first-order valence-electron chi connectivity index (χ1n) is 7.47. The molecule has 0 atom stereocenters. The largest absolute Gasteiger partial charge is 0.493 e. The lowest BCUT2D eigenvalue weighted by molar-refractivity contribution is 0.305. The van der Waals surface area contributed by atoms with Gasteiger partial charge in [0.05, 0.1) is 18.1 Å². The van der Waals surface area contributed by atoms with E-state index in [1.54, 1.807) is 6.07 Å². The Labute approximate surface area is 119 Å². The number of unbranched alkanes of at least 4 members (excludes halogenated alkanes) is 5. The van der Waals surface area contributed by atoms with Crippen molar-refractivity contribution in [3.05, 3.63) is 40.8 Å². The van der Waals surface area contributed by atoms with Crippen molar-refractivity contribution in [3.8, 4) is 5.75 Å². The lowest BCUT2D eigenvalue weighted by Crippen LogP contribution is -2.03. The van der Waals surface area contributed by atoms with Gasteiger partial charge in [0, 0.05) is 0 Å². The summed E-state index contributed by atoms with van der Waals surface area (Å²) in [4.78, 5) is 11.5. The Morgan fingerprint density at radius 3 is 2.65 bits per heavy atom. The highest BCUT2D eigenvalue weighted by Gasteiger charge is 2.05. The summed E-state index contributed by atoms with van der Waals surface area (Å²) in [5.41, 5.74) is 0.222. The summed E-state index contributed by atoms with van der Waals surface area (Å²) in [6.07, 6.45) is 7.34. The molecule has 0 radical (unpaired) electrons. The molecule has 2 rings (SSSR count). The molecule has 20 heavy (non-hydrogen) atoms. The van der Waals surface area contributed by atoms with E-state index in [0.29, 0.717) is 17.9 Å². The van der Waals surface area contributed by atoms with Gasteiger partial charge in [-0.3, -0.25) is 0 Å². The molecule has 0 saturated heterocycles. The lowest BCUT2D eigenvalue weighted by Gasteiger charge is -2.08. The van der Waals surface area contributed by atoms with Gasteiger partial charge in [0.25, 0.3) is 0 Å². The molecule has 0 aliphatic rings. The van der Waals surface area contributed by atoms with E-state index in [1.807, 2.05) is 18.2 Å². The maximum absolute atomic E-state index is 11.5. The summed E-state index contributed by atoms with van der Waals surface area (Å²) >= 11 is 0. The standard InChI is InChI=1S/C17H22O3/c1-2-3-4-5-6-9-12-19-16-13-17(18)20-15-11-8-7-10-14(15)16/h7-8,10-11,13H,2-6,9,12H2,1H3. The fourth-order valence-corrected chi connectivity index (χ4v) is 2.27. The van der Waals surface area contributed by atoms with Gasteiger partial charge >= 0.3 is 5.63 Å². The molecule has 0 aliphatic heterocycles. The van der Waals surface area contributed by atoms with Crippen LogP contribution in [0.1, 0.15) is 45.4 Å². The van der Waals surface area contributed by atoms with Crippen molar-refractivity contribution < 1.29 is 9.15 Å². The zero-order valence-electron chi connectivity index (χ0n) is 12.1. The van der Waals surface area contributed by atoms with E-state index in [-0.39, 0.29) is 5.63 Å². The van der Waals surface area contributed by atoms with Gasteiger partial charge in [-0.2, -0.15) is 0 Å². The fourth-order valence-electron chi connectivity index (χ4n) is 2.27. The molecule has 0 spiro atoms. The molecule has 3 heteroatoms. The SMILES string of the molecule is CCCCCCCCOc1cc(=O)oc2ccccc12. The summed E-state index contributed by atoms with van der Waals surface area (Å²) < 4.78 is 10.9. The molecule has 2 aromatic rings. The highest BCUT2D eigenvalue weighted by molar-refractivity contribution is 5.82. The van der Waals surface area contributed by atoms with Crippen LogP contribution in [-0.4, -0.2) is 6.61 Å². The van der Waals surface area contributed by atoms with Gasteiger partial charge in [0.2, 0.25) is 0 Å². The first-order chi connectivity index (χ1) is 9.81. The Balaban J connectivity index is 1.88. The van der Waals surface area contributed by atoms with E-state index < -0.39 is 0 Å². The second kappa shape index (κ2) is 7.73. The average Bonchev–Trinajstić information content (AvgIpc) is 2.46. The highest BCUT2D eigenvalue weighted by Crippen LogP contribution is 2.23. The third-order valence-electron chi connectivity index (χ3n) is 3.37. The minimum Gasteiger partial charge on any atom is -0.493 e. The van der Waals surface area contributed by atoms with Gasteiger partial charge < -0.3 is 9.15 Å². The van der Waals surface area contributed by atoms with E-state index in [1.165, 1.54) is 38.2 Å². The molecular weight excluding hydrogens is 252 g/mol. The maximum Gasteiger partial charge on any atom is 0.339 e. The fraction of sp³-hybridized carbons (Fsp3) is 0.471. The zero-order valence-corrected chi connectivity index (χ0v) is 12.1. The molecule has 108 valence electrons. The lowest BCUT2D eigenvalue weighted by atomic mass is 10.1. The predicted molar refractivity (Wildman–Crippen MR) is 81.4 cm³/mol. The molecule has 0 N–H and O–H groups in total. The highest BCUT2D eigenvalue weighted by atomic mass is 16.5. The monoisotopic (exact) mass is 274 g/mol. The number of ether oxygens (including phenoxy) is 1. The van der Waals surface area contributed by atoms with Gasteiger partial charge in [0.1, 0.15) is 11.3 Å². The molecule has 3 nitrogen and oxygen atoms in total. The van der Waals surface area contributed by atoms with Crippen LogP contribution in [0.4, 0.5) is 0 Å². The summed E-state index contributed by atoms with van der Waals surface area (Å²) in [6, 6.07) is 8.89. The van der Waals surface area contributed by atoms with Gasteiger partial charge in [-0.25, -0.2) is 4.79 Å². The van der Waals surface area contributed by atoms with Gasteiger partial charge in [-0.1, -0.05) is 51.2 Å². The predicted octanol–water partition coefficient (Wildman–Crippen LogP) is 4.53. The zero-order chi connectivity index (χ0) is 14.2. The normalized spacial score (nSPS) is 10.8. The second-order valence-corrected chi connectivity index (χ2v) is 5.04. The molecule has 0 saturated carbocycles. The van der Waals surface area contributed by atoms with Crippen molar-refractivity contribution in [3.63, 3.8) is 0 Å². The van der Waals surface area contributed by atoms with Crippen LogP contribution in [0.3, 0.4) is 0 Å². The number of benzene rings is 1. The third kappa shape index (κ3) is 4.12. The molecule has 0 unspecified atom stereocenters. The van der Waals surface area contributed by atoms with Crippen LogP contribution in [0.5, 0.6) is 5.75 Å². The average molecular weight is 274 g/mol. The van der Waals surface area contributed by atoms with Gasteiger partial charge in [-0.05, 0) is 18.6 Å². The first kappa shape index (κ1) is 14.6. The first-order valence-corrected chi connectivity index (χ1v) is 7.47. The molecule has 1 heterocycles. The Kier molecular flexibility index (Phi) is 5.66. The molecule has 1 aromatic carbocycles. The van der Waals surface area contributed by atoms with E-state index in [9.17, 15) is 4.79 Å². The quantitative estimate of drug-likeness (QED) is 0.524. The van der Waals surface area contributed by atoms with Crippen LogP contribution in [0, 0.1) is 0 Å². The summed E-state index contributed by atoms with van der Waals surface area (Å²) in [7, 11) is 0. The summed E-state index contributed by atoms with van der Waals surface area (Å²) in [5, 5.41) is 0.859. The molecule has 0 amide bonds. The Morgan fingerprint density at radius 2 is 1.80 bits per heavy atom. The number of para-hydroxylation sites is 1. The minimum absolute atomic E-state index is 0.360. The van der Waals surface area contributed by atoms with Gasteiger partial charge in [0.15, 0.2) is 0 Å². The van der Waals surface area contributed by atoms with Crippen molar-refractivity contribution in [2.45, 2.75) is 45.4 Å². The van der Waals surface area contributed by atoms with Crippen molar-refractivity contribution in [1.29, 1.82) is 0 Å². The third-order valence-corrected chi connectivity index (χ3v) is 3.37. The summed E-state index contributed by atoms with van der Waals surface area (Å²) in [6.45, 7) is 2.87. The Bertz CT molecular complexity index is 586. The second-order valence-electron chi connectivity index (χ2n) is 5.04. The molecule has 0 aliphatic carbocycles. The molecular formula is C17H22O3. The van der Waals surface area contributed by atoms with Crippen molar-refractivity contribution >= 4 is 11.0 Å². The maximum atomic E-state index is 11.5. The van der Waals surface area contributed by atoms with Crippen LogP contribution in [0.2, 0.25) is 0 Å². The van der Waals surface area contributed by atoms with Crippen molar-refractivity contribution in [2.75, 3.05) is 6.61 Å². The van der Waals surface area contributed by atoms with Crippen LogP contribution in [0.15, 0.2) is 39.5 Å². The summed E-state index contributed by atoms with van der Waals surface area (Å²) in [5.74, 6) is 0.630. The number of hydrogen-bond donors (Lipinski definition) is 0. The van der Waals surface area contributed by atoms with Crippen LogP contribution in [-0.2, 0) is 0 Å². The van der Waals surface area contributed by atoms with Crippen molar-refractivity contribution in [2.24, 2.45) is 0 Å². The van der Waals surface area contributed by atoms with E-state index in [2.05, 4.69) is 6.92 Å².